The van der Waals surface area contributed by atoms with E-state index in [4.69, 9.17) is 25.8 Å². The van der Waals surface area contributed by atoms with Crippen molar-refractivity contribution in [2.45, 2.75) is 18.4 Å². The first kappa shape index (κ1) is 29.9. The molecule has 0 atom stereocenters. The number of amides is 1. The third kappa shape index (κ3) is 6.85. The Bertz CT molecular complexity index is 1420. The van der Waals surface area contributed by atoms with Crippen molar-refractivity contribution in [3.8, 4) is 17.4 Å². The topological polar surface area (TPSA) is 102 Å². The normalized spacial score (nSPS) is 11.1. The molecule has 3 aromatic rings. The summed E-state index contributed by atoms with van der Waals surface area (Å²) in [6, 6.07) is 14.5. The van der Waals surface area contributed by atoms with E-state index in [1.165, 1.54) is 44.4 Å². The van der Waals surface area contributed by atoms with Gasteiger partial charge in [0.1, 0.15) is 6.54 Å². The summed E-state index contributed by atoms with van der Waals surface area (Å²) in [5.74, 6) is 0.588. The third-order valence-electron chi connectivity index (χ3n) is 6.01. The zero-order chi connectivity index (χ0) is 28.7. The van der Waals surface area contributed by atoms with Crippen LogP contribution in [0.2, 0.25) is 5.02 Å². The van der Waals surface area contributed by atoms with E-state index < -0.39 is 22.5 Å². The molecule has 0 fully saturated rings. The fraction of sp³-hybridized carbons (Fsp3) is 0.333. The van der Waals surface area contributed by atoms with E-state index in [-0.39, 0.29) is 27.9 Å². The Kier molecular flexibility index (Phi) is 9.87. The Labute approximate surface area is 234 Å². The molecule has 1 aromatic heterocycles. The fourth-order valence-corrected chi connectivity index (χ4v) is 5.54. The third-order valence-corrected chi connectivity index (χ3v) is 8.09. The average Bonchev–Trinajstić information content (AvgIpc) is 2.94. The fourth-order valence-electron chi connectivity index (χ4n) is 3.83. The Morgan fingerprint density at radius 2 is 1.67 bits per heavy atom. The monoisotopic (exact) mass is 576 g/mol. The second-order valence-corrected chi connectivity index (χ2v) is 10.9. The molecule has 1 amide bonds. The van der Waals surface area contributed by atoms with Gasteiger partial charge in [0, 0.05) is 38.5 Å². The van der Waals surface area contributed by atoms with Crippen molar-refractivity contribution in [1.29, 1.82) is 0 Å². The summed E-state index contributed by atoms with van der Waals surface area (Å²) in [7, 11) is 3.75. The van der Waals surface area contributed by atoms with Crippen molar-refractivity contribution in [3.63, 3.8) is 0 Å². The largest absolute Gasteiger partial charge is 0.493 e. The van der Waals surface area contributed by atoms with Gasteiger partial charge in [-0.05, 0) is 43.3 Å². The molecule has 12 heteroatoms. The number of halogens is 1. The number of methoxy groups -OCH3 is 3. The molecule has 0 saturated carbocycles. The number of anilines is 2. The van der Waals surface area contributed by atoms with Gasteiger partial charge in [0.2, 0.25) is 11.8 Å². The highest BCUT2D eigenvalue weighted by atomic mass is 35.5. The first-order valence-corrected chi connectivity index (χ1v) is 13.9. The van der Waals surface area contributed by atoms with Gasteiger partial charge in [-0.25, -0.2) is 13.4 Å². The standard InChI is InChI=1S/C27H33ClN4O6S/c1-7-31(17-19-9-8-10-26(29-19)38-6)27(33)18-32(23-15-20(30(2)3)11-13-22(23)28)39(34,35)21-12-14-24(36-4)25(16-21)37-5/h8-16H,7,17-18H2,1-6H3. The summed E-state index contributed by atoms with van der Waals surface area (Å²) in [4.78, 5) is 21.2. The molecule has 0 saturated heterocycles. The average molecular weight is 577 g/mol. The molecule has 3 rings (SSSR count). The van der Waals surface area contributed by atoms with Crippen LogP contribution < -0.4 is 23.4 Å². The van der Waals surface area contributed by atoms with Gasteiger partial charge in [-0.2, -0.15) is 0 Å². The summed E-state index contributed by atoms with van der Waals surface area (Å²) in [6.45, 7) is 1.81. The van der Waals surface area contributed by atoms with Crippen molar-refractivity contribution in [3.05, 3.63) is 65.3 Å². The lowest BCUT2D eigenvalue weighted by Crippen LogP contribution is -2.43. The highest BCUT2D eigenvalue weighted by Crippen LogP contribution is 2.36. The highest BCUT2D eigenvalue weighted by molar-refractivity contribution is 7.92. The first-order valence-electron chi connectivity index (χ1n) is 12.0. The van der Waals surface area contributed by atoms with Gasteiger partial charge < -0.3 is 24.0 Å². The number of hydrogen-bond acceptors (Lipinski definition) is 8. The maximum absolute atomic E-state index is 14.1. The van der Waals surface area contributed by atoms with Gasteiger partial charge in [0.15, 0.2) is 11.5 Å². The lowest BCUT2D eigenvalue weighted by Gasteiger charge is -2.29. The van der Waals surface area contributed by atoms with Gasteiger partial charge in [-0.3, -0.25) is 9.10 Å². The van der Waals surface area contributed by atoms with E-state index in [2.05, 4.69) is 4.98 Å². The van der Waals surface area contributed by atoms with Crippen LogP contribution in [-0.4, -0.2) is 72.7 Å². The summed E-state index contributed by atoms with van der Waals surface area (Å²) >= 11 is 6.54. The van der Waals surface area contributed by atoms with Crippen LogP contribution in [0.3, 0.4) is 0 Å². The summed E-state index contributed by atoms with van der Waals surface area (Å²) in [5, 5.41) is 0.176. The smallest absolute Gasteiger partial charge is 0.264 e. The van der Waals surface area contributed by atoms with Crippen LogP contribution in [0.1, 0.15) is 12.6 Å². The summed E-state index contributed by atoms with van der Waals surface area (Å²) < 4.78 is 44.9. The summed E-state index contributed by atoms with van der Waals surface area (Å²) in [6.07, 6.45) is 0. The van der Waals surface area contributed by atoms with Gasteiger partial charge in [-0.1, -0.05) is 17.7 Å². The number of carbonyl (C=O) groups is 1. The van der Waals surface area contributed by atoms with Gasteiger partial charge in [0.25, 0.3) is 10.0 Å². The van der Waals surface area contributed by atoms with E-state index >= 15 is 0 Å². The number of carbonyl (C=O) groups excluding carboxylic acids is 1. The number of benzene rings is 2. The molecular weight excluding hydrogens is 544 g/mol. The van der Waals surface area contributed by atoms with E-state index in [9.17, 15) is 13.2 Å². The summed E-state index contributed by atoms with van der Waals surface area (Å²) in [5.41, 5.74) is 1.48. The van der Waals surface area contributed by atoms with Crippen LogP contribution in [-0.2, 0) is 21.4 Å². The van der Waals surface area contributed by atoms with Gasteiger partial charge in [-0.15, -0.1) is 0 Å². The Balaban J connectivity index is 2.07. The van der Waals surface area contributed by atoms with Crippen LogP contribution in [0.4, 0.5) is 11.4 Å². The number of rotatable bonds is 12. The maximum Gasteiger partial charge on any atom is 0.264 e. The second kappa shape index (κ2) is 12.9. The minimum atomic E-state index is -4.29. The van der Waals surface area contributed by atoms with Crippen molar-refractivity contribution in [1.82, 2.24) is 9.88 Å². The second-order valence-electron chi connectivity index (χ2n) is 8.64. The van der Waals surface area contributed by atoms with E-state index in [0.29, 0.717) is 29.6 Å². The van der Waals surface area contributed by atoms with Crippen molar-refractivity contribution in [2.75, 3.05) is 57.7 Å². The van der Waals surface area contributed by atoms with Crippen molar-refractivity contribution >= 4 is 38.9 Å². The number of likely N-dealkylation sites (N-methyl/N-ethyl adjacent to an activating group) is 1. The van der Waals surface area contributed by atoms with Gasteiger partial charge >= 0.3 is 0 Å². The van der Waals surface area contributed by atoms with Crippen LogP contribution in [0.25, 0.3) is 0 Å². The lowest BCUT2D eigenvalue weighted by atomic mass is 10.2. The molecule has 0 radical (unpaired) electrons. The van der Waals surface area contributed by atoms with Crippen molar-refractivity contribution in [2.24, 2.45) is 0 Å². The minimum Gasteiger partial charge on any atom is -0.493 e. The molecule has 0 aliphatic rings. The van der Waals surface area contributed by atoms with Crippen LogP contribution in [0.5, 0.6) is 17.4 Å². The Hall–Kier alpha value is -3.70. The molecule has 1 heterocycles. The first-order chi connectivity index (χ1) is 18.5. The molecule has 0 aliphatic heterocycles. The highest BCUT2D eigenvalue weighted by Gasteiger charge is 2.31. The number of aromatic nitrogens is 1. The zero-order valence-electron chi connectivity index (χ0n) is 22.8. The number of sulfonamides is 1. The molecule has 0 bridgehead atoms. The number of pyridine rings is 1. The molecule has 210 valence electrons. The van der Waals surface area contributed by atoms with Crippen LogP contribution >= 0.6 is 11.6 Å². The van der Waals surface area contributed by atoms with E-state index in [0.717, 1.165) is 4.31 Å². The molecular formula is C27H33ClN4O6S. The number of nitrogens with zero attached hydrogens (tertiary/aromatic N) is 4. The molecule has 10 nitrogen and oxygen atoms in total. The molecule has 0 N–H and O–H groups in total. The van der Waals surface area contributed by atoms with E-state index in [1.807, 2.05) is 25.9 Å². The van der Waals surface area contributed by atoms with Crippen LogP contribution in [0, 0.1) is 0 Å². The number of ether oxygens (including phenoxy) is 3. The molecule has 0 aliphatic carbocycles. The predicted molar refractivity (Wildman–Crippen MR) is 152 cm³/mol. The molecule has 0 unspecified atom stereocenters. The minimum absolute atomic E-state index is 0.0863. The lowest BCUT2D eigenvalue weighted by molar-refractivity contribution is -0.130. The zero-order valence-corrected chi connectivity index (χ0v) is 24.4. The predicted octanol–water partition coefficient (Wildman–Crippen LogP) is 4.07. The number of hydrogen-bond donors (Lipinski definition) is 0. The molecule has 2 aromatic carbocycles. The molecule has 0 spiro atoms. The van der Waals surface area contributed by atoms with Crippen molar-refractivity contribution < 1.29 is 27.4 Å². The Morgan fingerprint density at radius 1 is 0.949 bits per heavy atom. The maximum atomic E-state index is 14.1. The SMILES string of the molecule is CCN(Cc1cccc(OC)n1)C(=O)CN(c1cc(N(C)C)ccc1Cl)S(=O)(=O)c1ccc(OC)c(OC)c1. The van der Waals surface area contributed by atoms with Crippen LogP contribution in [0.15, 0.2) is 59.5 Å². The quantitative estimate of drug-likeness (QED) is 0.318. The molecule has 39 heavy (non-hydrogen) atoms. The van der Waals surface area contributed by atoms with Gasteiger partial charge in [0.05, 0.1) is 49.2 Å². The Morgan fingerprint density at radius 3 is 2.28 bits per heavy atom. The van der Waals surface area contributed by atoms with E-state index in [1.54, 1.807) is 36.4 Å².